The highest BCUT2D eigenvalue weighted by molar-refractivity contribution is 6.30. The number of rotatable bonds is 3. The van der Waals surface area contributed by atoms with E-state index in [4.69, 9.17) is 22.1 Å². The predicted octanol–water partition coefficient (Wildman–Crippen LogP) is 3.71. The molecule has 0 aromatic heterocycles. The van der Waals surface area contributed by atoms with Crippen LogP contribution >= 0.6 is 11.6 Å². The van der Waals surface area contributed by atoms with Crippen molar-refractivity contribution in [2.45, 2.75) is 13.0 Å². The summed E-state index contributed by atoms with van der Waals surface area (Å²) < 4.78 is 5.19. The van der Waals surface area contributed by atoms with Gasteiger partial charge in [-0.15, -0.1) is 0 Å². The maximum Gasteiger partial charge on any atom is 0.119 e. The minimum atomic E-state index is -0.172. The zero-order chi connectivity index (χ0) is 13.1. The van der Waals surface area contributed by atoms with Gasteiger partial charge in [0.2, 0.25) is 0 Å². The number of aryl methyl sites for hydroxylation is 1. The van der Waals surface area contributed by atoms with Gasteiger partial charge in [0.05, 0.1) is 13.2 Å². The minimum Gasteiger partial charge on any atom is -0.497 e. The zero-order valence-electron chi connectivity index (χ0n) is 10.5. The fourth-order valence-electron chi connectivity index (χ4n) is 2.00. The van der Waals surface area contributed by atoms with E-state index in [0.717, 1.165) is 22.4 Å². The van der Waals surface area contributed by atoms with Crippen molar-refractivity contribution >= 4 is 11.6 Å². The second-order valence-corrected chi connectivity index (χ2v) is 4.69. The first kappa shape index (κ1) is 12.9. The molecule has 94 valence electrons. The average molecular weight is 262 g/mol. The molecule has 2 aromatic carbocycles. The molecule has 0 saturated heterocycles. The Kier molecular flexibility index (Phi) is 3.90. The smallest absolute Gasteiger partial charge is 0.119 e. The van der Waals surface area contributed by atoms with E-state index >= 15 is 0 Å². The number of benzene rings is 2. The molecule has 0 aliphatic heterocycles. The summed E-state index contributed by atoms with van der Waals surface area (Å²) in [6.07, 6.45) is 0. The predicted molar refractivity (Wildman–Crippen MR) is 75.2 cm³/mol. The molecule has 0 fully saturated rings. The molecule has 0 aliphatic carbocycles. The molecule has 2 rings (SSSR count). The van der Waals surface area contributed by atoms with Crippen LogP contribution in [0, 0.1) is 6.92 Å². The van der Waals surface area contributed by atoms with Crippen molar-refractivity contribution in [3.8, 4) is 5.75 Å². The Balaban J connectivity index is 2.37. The Morgan fingerprint density at radius 1 is 1.17 bits per heavy atom. The van der Waals surface area contributed by atoms with Crippen LogP contribution in [0.4, 0.5) is 0 Å². The maximum atomic E-state index is 6.28. The van der Waals surface area contributed by atoms with E-state index in [1.54, 1.807) is 7.11 Å². The van der Waals surface area contributed by atoms with E-state index < -0.39 is 0 Å². The van der Waals surface area contributed by atoms with E-state index in [0.29, 0.717) is 5.02 Å². The Hall–Kier alpha value is -1.51. The van der Waals surface area contributed by atoms with Gasteiger partial charge in [0.1, 0.15) is 5.75 Å². The minimum absolute atomic E-state index is 0.172. The Morgan fingerprint density at radius 2 is 1.94 bits per heavy atom. The Morgan fingerprint density at radius 3 is 2.56 bits per heavy atom. The molecule has 0 radical (unpaired) electrons. The van der Waals surface area contributed by atoms with Gasteiger partial charge in [-0.3, -0.25) is 0 Å². The van der Waals surface area contributed by atoms with Crippen LogP contribution in [0.2, 0.25) is 5.02 Å². The number of nitrogens with two attached hydrogens (primary N) is 1. The van der Waals surface area contributed by atoms with Crippen LogP contribution in [0.15, 0.2) is 42.5 Å². The van der Waals surface area contributed by atoms with Crippen LogP contribution in [-0.4, -0.2) is 7.11 Å². The van der Waals surface area contributed by atoms with Crippen molar-refractivity contribution in [1.29, 1.82) is 0 Å². The molecule has 0 bridgehead atoms. The van der Waals surface area contributed by atoms with E-state index in [1.807, 2.05) is 49.4 Å². The maximum absolute atomic E-state index is 6.28. The molecule has 1 atom stereocenters. The highest BCUT2D eigenvalue weighted by Gasteiger charge is 2.12. The molecule has 18 heavy (non-hydrogen) atoms. The average Bonchev–Trinajstić information content (AvgIpc) is 2.37. The van der Waals surface area contributed by atoms with Gasteiger partial charge in [-0.2, -0.15) is 0 Å². The number of hydrogen-bond donors (Lipinski definition) is 1. The normalized spacial score (nSPS) is 12.2. The third kappa shape index (κ3) is 2.66. The van der Waals surface area contributed by atoms with E-state index in [-0.39, 0.29) is 6.04 Å². The zero-order valence-corrected chi connectivity index (χ0v) is 11.2. The lowest BCUT2D eigenvalue weighted by atomic mass is 9.96. The lowest BCUT2D eigenvalue weighted by Crippen LogP contribution is -2.13. The lowest BCUT2D eigenvalue weighted by molar-refractivity contribution is 0.414. The molecule has 2 aromatic rings. The van der Waals surface area contributed by atoms with Crippen molar-refractivity contribution in [3.63, 3.8) is 0 Å². The van der Waals surface area contributed by atoms with Crippen molar-refractivity contribution in [2.75, 3.05) is 7.11 Å². The third-order valence-corrected chi connectivity index (χ3v) is 3.25. The monoisotopic (exact) mass is 261 g/mol. The molecule has 0 spiro atoms. The van der Waals surface area contributed by atoms with Crippen molar-refractivity contribution < 1.29 is 4.74 Å². The van der Waals surface area contributed by atoms with Gasteiger partial charge in [0, 0.05) is 5.02 Å². The van der Waals surface area contributed by atoms with E-state index in [1.165, 1.54) is 0 Å². The second kappa shape index (κ2) is 5.42. The van der Waals surface area contributed by atoms with E-state index in [9.17, 15) is 0 Å². The fraction of sp³-hybridized carbons (Fsp3) is 0.200. The fourth-order valence-corrected chi connectivity index (χ4v) is 2.20. The Bertz CT molecular complexity index is 554. The molecular weight excluding hydrogens is 246 g/mol. The Labute approximate surface area is 112 Å². The summed E-state index contributed by atoms with van der Waals surface area (Å²) in [5.41, 5.74) is 9.48. The van der Waals surface area contributed by atoms with Crippen LogP contribution in [0.25, 0.3) is 0 Å². The first-order chi connectivity index (χ1) is 8.61. The van der Waals surface area contributed by atoms with Crippen LogP contribution in [0.1, 0.15) is 22.7 Å². The summed E-state index contributed by atoms with van der Waals surface area (Å²) in [7, 11) is 1.66. The molecule has 2 N–H and O–H groups in total. The standard InChI is InChI=1S/C15H16ClNO/c1-10-8-13(18-2)6-7-14(10)15(17)11-4-3-5-12(16)9-11/h3-9,15H,17H2,1-2H3. The number of hydrogen-bond acceptors (Lipinski definition) is 2. The SMILES string of the molecule is COc1ccc(C(N)c2cccc(Cl)c2)c(C)c1. The third-order valence-electron chi connectivity index (χ3n) is 3.02. The molecule has 0 saturated carbocycles. The lowest BCUT2D eigenvalue weighted by Gasteiger charge is -2.16. The van der Waals surface area contributed by atoms with Crippen LogP contribution in [-0.2, 0) is 0 Å². The highest BCUT2D eigenvalue weighted by atomic mass is 35.5. The summed E-state index contributed by atoms with van der Waals surface area (Å²) in [5, 5.41) is 0.703. The molecule has 0 amide bonds. The van der Waals surface area contributed by atoms with Gasteiger partial charge in [-0.25, -0.2) is 0 Å². The quantitative estimate of drug-likeness (QED) is 0.914. The van der Waals surface area contributed by atoms with Gasteiger partial charge in [-0.1, -0.05) is 29.8 Å². The molecular formula is C15H16ClNO. The van der Waals surface area contributed by atoms with Gasteiger partial charge >= 0.3 is 0 Å². The van der Waals surface area contributed by atoms with Crippen molar-refractivity contribution in [2.24, 2.45) is 5.73 Å². The summed E-state index contributed by atoms with van der Waals surface area (Å²) in [5.74, 6) is 0.842. The second-order valence-electron chi connectivity index (χ2n) is 4.26. The van der Waals surface area contributed by atoms with Crippen LogP contribution in [0.5, 0.6) is 5.75 Å². The highest BCUT2D eigenvalue weighted by Crippen LogP contribution is 2.27. The van der Waals surface area contributed by atoms with Crippen LogP contribution < -0.4 is 10.5 Å². The molecule has 0 heterocycles. The summed E-state index contributed by atoms with van der Waals surface area (Å²) >= 11 is 5.99. The molecule has 3 heteroatoms. The number of ether oxygens (including phenoxy) is 1. The van der Waals surface area contributed by atoms with Crippen molar-refractivity contribution in [1.82, 2.24) is 0 Å². The molecule has 0 aliphatic rings. The number of methoxy groups -OCH3 is 1. The number of halogens is 1. The first-order valence-electron chi connectivity index (χ1n) is 5.77. The summed E-state index contributed by atoms with van der Waals surface area (Å²) in [6.45, 7) is 2.03. The van der Waals surface area contributed by atoms with Crippen LogP contribution in [0.3, 0.4) is 0 Å². The molecule has 1 unspecified atom stereocenters. The largest absolute Gasteiger partial charge is 0.497 e. The van der Waals surface area contributed by atoms with Gasteiger partial charge < -0.3 is 10.5 Å². The van der Waals surface area contributed by atoms with Crippen molar-refractivity contribution in [3.05, 3.63) is 64.2 Å². The molecule has 2 nitrogen and oxygen atoms in total. The topological polar surface area (TPSA) is 35.2 Å². The summed E-state index contributed by atoms with van der Waals surface area (Å²) in [4.78, 5) is 0. The van der Waals surface area contributed by atoms with E-state index in [2.05, 4.69) is 0 Å². The van der Waals surface area contributed by atoms with Gasteiger partial charge in [0.15, 0.2) is 0 Å². The van der Waals surface area contributed by atoms with Gasteiger partial charge in [0.25, 0.3) is 0 Å². The summed E-state index contributed by atoms with van der Waals surface area (Å²) in [6, 6.07) is 13.4. The van der Waals surface area contributed by atoms with Gasteiger partial charge in [-0.05, 0) is 47.9 Å². The first-order valence-corrected chi connectivity index (χ1v) is 6.15.